The van der Waals surface area contributed by atoms with Crippen molar-refractivity contribution in [3.05, 3.63) is 51.4 Å². The Kier molecular flexibility index (Phi) is 4.33. The van der Waals surface area contributed by atoms with Gasteiger partial charge in [0.2, 0.25) is 5.39 Å². The van der Waals surface area contributed by atoms with Crippen molar-refractivity contribution in [2.24, 2.45) is 0 Å². The number of hydrogen-bond donors (Lipinski definition) is 0. The molecule has 0 heterocycles. The molecular formula is C14H12Cl2N3O+. The predicted octanol–water partition coefficient (Wildman–Crippen LogP) is 5.34. The van der Waals surface area contributed by atoms with E-state index in [1.807, 2.05) is 19.0 Å². The highest BCUT2D eigenvalue weighted by Crippen LogP contribution is 2.39. The van der Waals surface area contributed by atoms with Crippen LogP contribution >= 0.6 is 23.2 Å². The summed E-state index contributed by atoms with van der Waals surface area (Å²) in [6, 6.07) is 10.3. The second-order valence-electron chi connectivity index (χ2n) is 4.33. The standard InChI is InChI=1S/C14H12Cl2N3O/c1-19(2)13-8-11(7-12(18-17)14(13)16)20-10-5-3-9(15)4-6-10/h3-8H,1-2H3/q+1. The summed E-state index contributed by atoms with van der Waals surface area (Å²) in [4.78, 5) is 4.98. The molecule has 0 aliphatic rings. The van der Waals surface area contributed by atoms with E-state index in [1.54, 1.807) is 36.4 Å². The van der Waals surface area contributed by atoms with E-state index in [9.17, 15) is 0 Å². The summed E-state index contributed by atoms with van der Waals surface area (Å²) in [7, 11) is 3.68. The van der Waals surface area contributed by atoms with Gasteiger partial charge in [0.1, 0.15) is 11.5 Å². The molecule has 0 bridgehead atoms. The maximum absolute atomic E-state index is 9.00. The molecule has 0 saturated heterocycles. The zero-order valence-corrected chi connectivity index (χ0v) is 12.5. The first-order valence-electron chi connectivity index (χ1n) is 5.80. The van der Waals surface area contributed by atoms with Crippen LogP contribution in [-0.2, 0) is 0 Å². The first-order chi connectivity index (χ1) is 9.51. The second-order valence-corrected chi connectivity index (χ2v) is 5.14. The van der Waals surface area contributed by atoms with Gasteiger partial charge in [-0.2, -0.15) is 0 Å². The third kappa shape index (κ3) is 3.13. The van der Waals surface area contributed by atoms with E-state index in [0.29, 0.717) is 27.2 Å². The minimum absolute atomic E-state index is 0.252. The van der Waals surface area contributed by atoms with Gasteiger partial charge in [-0.1, -0.05) is 23.2 Å². The van der Waals surface area contributed by atoms with Crippen LogP contribution in [0.1, 0.15) is 0 Å². The van der Waals surface area contributed by atoms with Gasteiger partial charge in [0, 0.05) is 25.2 Å². The molecule has 0 saturated carbocycles. The van der Waals surface area contributed by atoms with Crippen molar-refractivity contribution in [3.8, 4) is 11.5 Å². The molecule has 4 nitrogen and oxygen atoms in total. The van der Waals surface area contributed by atoms with Crippen molar-refractivity contribution >= 4 is 34.6 Å². The molecule has 0 fully saturated rings. The van der Waals surface area contributed by atoms with E-state index in [4.69, 9.17) is 33.3 Å². The topological polar surface area (TPSA) is 40.6 Å². The first-order valence-corrected chi connectivity index (χ1v) is 6.56. The normalized spacial score (nSPS) is 9.95. The Hall–Kier alpha value is -1.96. The molecule has 0 amide bonds. The van der Waals surface area contributed by atoms with Crippen LogP contribution in [0.15, 0.2) is 36.4 Å². The molecule has 0 atom stereocenters. The van der Waals surface area contributed by atoms with Crippen molar-refractivity contribution in [1.29, 1.82) is 5.39 Å². The van der Waals surface area contributed by atoms with Crippen molar-refractivity contribution in [2.45, 2.75) is 0 Å². The molecule has 0 aliphatic carbocycles. The lowest BCUT2D eigenvalue weighted by atomic mass is 10.2. The van der Waals surface area contributed by atoms with Gasteiger partial charge in [-0.05, 0) is 24.3 Å². The van der Waals surface area contributed by atoms with E-state index in [1.165, 1.54) is 0 Å². The van der Waals surface area contributed by atoms with Gasteiger partial charge in [0.15, 0.2) is 10.00 Å². The first kappa shape index (κ1) is 14.4. The van der Waals surface area contributed by atoms with Crippen LogP contribution in [0.3, 0.4) is 0 Å². The molecule has 0 unspecified atom stereocenters. The predicted molar refractivity (Wildman–Crippen MR) is 82.0 cm³/mol. The smallest absolute Gasteiger partial charge is 0.409 e. The second kappa shape index (κ2) is 6.00. The van der Waals surface area contributed by atoms with E-state index in [2.05, 4.69) is 4.98 Å². The van der Waals surface area contributed by atoms with Crippen molar-refractivity contribution in [1.82, 2.24) is 0 Å². The summed E-state index contributed by atoms with van der Waals surface area (Å²) < 4.78 is 5.71. The minimum atomic E-state index is 0.252. The van der Waals surface area contributed by atoms with Crippen LogP contribution in [-0.4, -0.2) is 14.1 Å². The summed E-state index contributed by atoms with van der Waals surface area (Å²) >= 11 is 12.0. The lowest BCUT2D eigenvalue weighted by Crippen LogP contribution is -2.09. The highest BCUT2D eigenvalue weighted by atomic mass is 35.5. The number of benzene rings is 2. The maximum atomic E-state index is 9.00. The van der Waals surface area contributed by atoms with Gasteiger partial charge in [0.05, 0.1) is 11.8 Å². The maximum Gasteiger partial charge on any atom is 0.409 e. The van der Waals surface area contributed by atoms with Crippen LogP contribution in [0, 0.1) is 5.39 Å². The molecule has 102 valence electrons. The molecule has 0 N–H and O–H groups in total. The van der Waals surface area contributed by atoms with Crippen LogP contribution < -0.4 is 9.64 Å². The fraction of sp³-hybridized carbons (Fsp3) is 0.143. The Labute approximate surface area is 127 Å². The third-order valence-electron chi connectivity index (χ3n) is 2.65. The fourth-order valence-electron chi connectivity index (χ4n) is 1.66. The van der Waals surface area contributed by atoms with Crippen LogP contribution in [0.2, 0.25) is 10.0 Å². The fourth-order valence-corrected chi connectivity index (χ4v) is 2.11. The monoisotopic (exact) mass is 308 g/mol. The molecule has 2 rings (SSSR count). The molecule has 0 aromatic heterocycles. The molecule has 2 aromatic carbocycles. The highest BCUT2D eigenvalue weighted by molar-refractivity contribution is 6.36. The number of halogens is 2. The summed E-state index contributed by atoms with van der Waals surface area (Å²) in [5.41, 5.74) is 0.952. The van der Waals surface area contributed by atoms with Crippen LogP contribution in [0.4, 0.5) is 11.4 Å². The SMILES string of the molecule is CN(C)c1cc(Oc2ccc(Cl)cc2)cc([N+]#N)c1Cl. The minimum Gasteiger partial charge on any atom is -0.457 e. The van der Waals surface area contributed by atoms with Gasteiger partial charge < -0.3 is 9.64 Å². The van der Waals surface area contributed by atoms with Crippen molar-refractivity contribution in [2.75, 3.05) is 19.0 Å². The average molecular weight is 309 g/mol. The zero-order valence-electron chi connectivity index (χ0n) is 11.0. The molecule has 20 heavy (non-hydrogen) atoms. The number of diazo groups is 1. The number of rotatable bonds is 3. The number of nitrogens with zero attached hydrogens (tertiary/aromatic N) is 3. The summed E-state index contributed by atoms with van der Waals surface area (Å²) in [5, 5.41) is 10.00. The van der Waals surface area contributed by atoms with Crippen LogP contribution in [0.25, 0.3) is 4.98 Å². The number of hydrogen-bond acceptors (Lipinski definition) is 3. The Morgan fingerprint density at radius 2 is 1.70 bits per heavy atom. The molecule has 0 radical (unpaired) electrons. The van der Waals surface area contributed by atoms with Gasteiger partial charge in [-0.3, -0.25) is 0 Å². The van der Waals surface area contributed by atoms with E-state index >= 15 is 0 Å². The number of anilines is 1. The Bertz CT molecular complexity index is 663. The molecule has 0 aliphatic heterocycles. The molecule has 2 aromatic rings. The lowest BCUT2D eigenvalue weighted by molar-refractivity contribution is 0.483. The van der Waals surface area contributed by atoms with Gasteiger partial charge in [-0.25, -0.2) is 0 Å². The summed E-state index contributed by atoms with van der Waals surface area (Å²) in [6.07, 6.45) is 0. The lowest BCUT2D eigenvalue weighted by Gasteiger charge is -2.14. The van der Waals surface area contributed by atoms with Gasteiger partial charge in [0.25, 0.3) is 0 Å². The number of ether oxygens (including phenoxy) is 1. The highest BCUT2D eigenvalue weighted by Gasteiger charge is 2.20. The summed E-state index contributed by atoms with van der Waals surface area (Å²) in [5.74, 6) is 1.15. The third-order valence-corrected chi connectivity index (χ3v) is 3.29. The van der Waals surface area contributed by atoms with E-state index < -0.39 is 0 Å². The Balaban J connectivity index is 2.39. The van der Waals surface area contributed by atoms with Crippen molar-refractivity contribution in [3.63, 3.8) is 0 Å². The average Bonchev–Trinajstić information content (AvgIpc) is 2.42. The van der Waals surface area contributed by atoms with E-state index in [0.717, 1.165) is 0 Å². The quantitative estimate of drug-likeness (QED) is 0.719. The van der Waals surface area contributed by atoms with Gasteiger partial charge >= 0.3 is 5.69 Å². The zero-order chi connectivity index (χ0) is 14.7. The molecular weight excluding hydrogens is 297 g/mol. The van der Waals surface area contributed by atoms with Gasteiger partial charge in [-0.15, -0.1) is 0 Å². The summed E-state index contributed by atoms with van der Waals surface area (Å²) in [6.45, 7) is 0. The van der Waals surface area contributed by atoms with Crippen LogP contribution in [0.5, 0.6) is 11.5 Å². The molecule has 0 spiro atoms. The molecule has 6 heteroatoms. The Morgan fingerprint density at radius 3 is 2.25 bits per heavy atom. The largest absolute Gasteiger partial charge is 0.457 e. The van der Waals surface area contributed by atoms with Crippen molar-refractivity contribution < 1.29 is 4.74 Å². The Morgan fingerprint density at radius 1 is 1.05 bits per heavy atom. The van der Waals surface area contributed by atoms with E-state index in [-0.39, 0.29) is 5.69 Å².